The second-order valence-electron chi connectivity index (χ2n) is 4.36. The van der Waals surface area contributed by atoms with Gasteiger partial charge in [-0.15, -0.1) is 0 Å². The number of nitrogens with zero attached hydrogens (tertiary/aromatic N) is 3. The van der Waals surface area contributed by atoms with Crippen LogP contribution in [0.1, 0.15) is 11.1 Å². The number of rotatable bonds is 4. The van der Waals surface area contributed by atoms with Gasteiger partial charge in [-0.1, -0.05) is 12.1 Å². The van der Waals surface area contributed by atoms with Gasteiger partial charge < -0.3 is 0 Å². The summed E-state index contributed by atoms with van der Waals surface area (Å²) in [4.78, 5) is 3.59. The second-order valence-corrected chi connectivity index (χ2v) is 6.32. The SMILES string of the molecule is CN(Cc1ccc(C#N)cc1)S(=O)(=O)c1ncccc1F. The van der Waals surface area contributed by atoms with Gasteiger partial charge in [-0.05, 0) is 29.8 Å². The zero-order valence-electron chi connectivity index (χ0n) is 11.2. The van der Waals surface area contributed by atoms with Crippen molar-refractivity contribution in [2.24, 2.45) is 0 Å². The molecule has 0 saturated heterocycles. The van der Waals surface area contributed by atoms with Gasteiger partial charge in [0.1, 0.15) is 0 Å². The summed E-state index contributed by atoms with van der Waals surface area (Å²) in [6, 6.07) is 10.9. The van der Waals surface area contributed by atoms with Crippen LogP contribution in [0.25, 0.3) is 0 Å². The highest BCUT2D eigenvalue weighted by atomic mass is 32.2. The van der Waals surface area contributed by atoms with Crippen LogP contribution in [0, 0.1) is 17.1 Å². The molecule has 0 unspecified atom stereocenters. The Morgan fingerprint density at radius 3 is 2.52 bits per heavy atom. The standard InChI is InChI=1S/C14H12FN3O2S/c1-18(10-12-6-4-11(9-16)5-7-12)21(19,20)14-13(15)3-2-8-17-14/h2-8H,10H2,1H3. The van der Waals surface area contributed by atoms with E-state index in [1.54, 1.807) is 24.3 Å². The minimum atomic E-state index is -4.00. The van der Waals surface area contributed by atoms with Gasteiger partial charge in [-0.25, -0.2) is 17.8 Å². The summed E-state index contributed by atoms with van der Waals surface area (Å²) in [7, 11) is -2.65. The molecule has 1 aromatic carbocycles. The third-order valence-electron chi connectivity index (χ3n) is 2.87. The van der Waals surface area contributed by atoms with Crippen LogP contribution in [0.4, 0.5) is 4.39 Å². The Bertz CT molecular complexity index is 783. The van der Waals surface area contributed by atoms with Crippen LogP contribution >= 0.6 is 0 Å². The van der Waals surface area contributed by atoms with Crippen molar-refractivity contribution < 1.29 is 12.8 Å². The maximum absolute atomic E-state index is 13.6. The van der Waals surface area contributed by atoms with Crippen LogP contribution < -0.4 is 0 Å². The molecule has 21 heavy (non-hydrogen) atoms. The molecule has 0 aliphatic rings. The van der Waals surface area contributed by atoms with E-state index in [4.69, 9.17) is 5.26 Å². The lowest BCUT2D eigenvalue weighted by Gasteiger charge is -2.16. The van der Waals surface area contributed by atoms with Crippen LogP contribution in [0.2, 0.25) is 0 Å². The number of nitriles is 1. The zero-order valence-corrected chi connectivity index (χ0v) is 12.0. The van der Waals surface area contributed by atoms with Crippen molar-refractivity contribution >= 4 is 10.0 Å². The van der Waals surface area contributed by atoms with Gasteiger partial charge in [0.25, 0.3) is 10.0 Å². The minimum absolute atomic E-state index is 0.0596. The van der Waals surface area contributed by atoms with Crippen molar-refractivity contribution in [2.75, 3.05) is 7.05 Å². The van der Waals surface area contributed by atoms with E-state index in [1.165, 1.54) is 19.3 Å². The summed E-state index contributed by atoms with van der Waals surface area (Å²) in [5.41, 5.74) is 1.18. The van der Waals surface area contributed by atoms with Gasteiger partial charge >= 0.3 is 0 Å². The number of pyridine rings is 1. The van der Waals surface area contributed by atoms with E-state index < -0.39 is 20.9 Å². The number of benzene rings is 1. The van der Waals surface area contributed by atoms with Crippen molar-refractivity contribution in [1.82, 2.24) is 9.29 Å². The molecule has 0 fully saturated rings. The fourth-order valence-corrected chi connectivity index (χ4v) is 2.86. The Morgan fingerprint density at radius 1 is 1.29 bits per heavy atom. The second kappa shape index (κ2) is 5.99. The zero-order chi connectivity index (χ0) is 15.5. The highest BCUT2D eigenvalue weighted by molar-refractivity contribution is 7.89. The summed E-state index contributed by atoms with van der Waals surface area (Å²) in [5, 5.41) is 8.12. The molecule has 0 bridgehead atoms. The quantitative estimate of drug-likeness (QED) is 0.865. The lowest BCUT2D eigenvalue weighted by molar-refractivity contribution is 0.454. The summed E-state index contributed by atoms with van der Waals surface area (Å²) in [5.74, 6) is -0.885. The summed E-state index contributed by atoms with van der Waals surface area (Å²) < 4.78 is 39.1. The highest BCUT2D eigenvalue weighted by Gasteiger charge is 2.25. The summed E-state index contributed by atoms with van der Waals surface area (Å²) in [6.45, 7) is 0.0596. The number of halogens is 1. The molecule has 0 spiro atoms. The number of aromatic nitrogens is 1. The molecule has 5 nitrogen and oxygen atoms in total. The average molecular weight is 305 g/mol. The molecule has 7 heteroatoms. The topological polar surface area (TPSA) is 74.1 Å². The summed E-state index contributed by atoms with van der Waals surface area (Å²) >= 11 is 0. The predicted molar refractivity (Wildman–Crippen MR) is 74.0 cm³/mol. The first-order chi connectivity index (χ1) is 9.95. The Morgan fingerprint density at radius 2 is 1.95 bits per heavy atom. The third kappa shape index (κ3) is 3.24. The molecule has 0 N–H and O–H groups in total. The lowest BCUT2D eigenvalue weighted by Crippen LogP contribution is -2.28. The molecule has 0 amide bonds. The van der Waals surface area contributed by atoms with Gasteiger partial charge in [0.15, 0.2) is 5.82 Å². The van der Waals surface area contributed by atoms with E-state index in [0.717, 1.165) is 10.4 Å². The Labute approximate surface area is 122 Å². The summed E-state index contributed by atoms with van der Waals surface area (Å²) in [6.07, 6.45) is 1.23. The minimum Gasteiger partial charge on any atom is -0.241 e. The molecule has 0 aliphatic carbocycles. The lowest BCUT2D eigenvalue weighted by atomic mass is 10.1. The van der Waals surface area contributed by atoms with E-state index in [1.807, 2.05) is 6.07 Å². The van der Waals surface area contributed by atoms with Crippen molar-refractivity contribution in [3.63, 3.8) is 0 Å². The predicted octanol–water partition coefficient (Wildman–Crippen LogP) is 1.91. The highest BCUT2D eigenvalue weighted by Crippen LogP contribution is 2.17. The van der Waals surface area contributed by atoms with E-state index in [-0.39, 0.29) is 6.54 Å². The van der Waals surface area contributed by atoms with Gasteiger partial charge in [-0.3, -0.25) is 0 Å². The Hall–Kier alpha value is -2.30. The Kier molecular flexibility index (Phi) is 4.31. The fraction of sp³-hybridized carbons (Fsp3) is 0.143. The van der Waals surface area contributed by atoms with Crippen LogP contribution in [-0.4, -0.2) is 24.8 Å². The van der Waals surface area contributed by atoms with Crippen LogP contribution in [0.15, 0.2) is 47.6 Å². The number of hydrogen-bond acceptors (Lipinski definition) is 4. The molecule has 0 saturated carbocycles. The van der Waals surface area contributed by atoms with Crippen LogP contribution in [0.3, 0.4) is 0 Å². The maximum Gasteiger partial charge on any atom is 0.263 e. The molecule has 2 rings (SSSR count). The van der Waals surface area contributed by atoms with Crippen LogP contribution in [0.5, 0.6) is 0 Å². The van der Waals surface area contributed by atoms with Crippen molar-refractivity contribution in [2.45, 2.75) is 11.6 Å². The van der Waals surface area contributed by atoms with E-state index >= 15 is 0 Å². The van der Waals surface area contributed by atoms with Gasteiger partial charge in [0.05, 0.1) is 11.6 Å². The van der Waals surface area contributed by atoms with Gasteiger partial charge in [0, 0.05) is 19.8 Å². The smallest absolute Gasteiger partial charge is 0.241 e. The van der Waals surface area contributed by atoms with Crippen molar-refractivity contribution in [3.8, 4) is 6.07 Å². The van der Waals surface area contributed by atoms with E-state index in [9.17, 15) is 12.8 Å². The first kappa shape index (κ1) is 15.1. The number of hydrogen-bond donors (Lipinski definition) is 0. The molecule has 108 valence electrons. The maximum atomic E-state index is 13.6. The normalized spacial score (nSPS) is 11.3. The molecule has 0 aliphatic heterocycles. The van der Waals surface area contributed by atoms with E-state index in [0.29, 0.717) is 11.1 Å². The monoisotopic (exact) mass is 305 g/mol. The van der Waals surface area contributed by atoms with Crippen molar-refractivity contribution in [1.29, 1.82) is 5.26 Å². The molecule has 0 radical (unpaired) electrons. The first-order valence-electron chi connectivity index (χ1n) is 6.01. The molecule has 0 atom stereocenters. The number of sulfonamides is 1. The average Bonchev–Trinajstić information content (AvgIpc) is 2.48. The third-order valence-corrected chi connectivity index (χ3v) is 4.61. The fourth-order valence-electron chi connectivity index (χ4n) is 1.74. The van der Waals surface area contributed by atoms with Gasteiger partial charge in [0.2, 0.25) is 5.03 Å². The first-order valence-corrected chi connectivity index (χ1v) is 7.45. The largest absolute Gasteiger partial charge is 0.263 e. The van der Waals surface area contributed by atoms with Gasteiger partial charge in [-0.2, -0.15) is 9.57 Å². The molecular weight excluding hydrogens is 293 g/mol. The van der Waals surface area contributed by atoms with Crippen molar-refractivity contribution in [3.05, 3.63) is 59.5 Å². The molecule has 1 heterocycles. The molecule has 1 aromatic heterocycles. The molecular formula is C14H12FN3O2S. The van der Waals surface area contributed by atoms with E-state index in [2.05, 4.69) is 4.98 Å². The molecule has 2 aromatic rings. The van der Waals surface area contributed by atoms with Crippen LogP contribution in [-0.2, 0) is 16.6 Å². The Balaban J connectivity index is 2.25.